The zero-order chi connectivity index (χ0) is 33.6. The Balaban J connectivity index is 1.40. The lowest BCUT2D eigenvalue weighted by atomic mass is 9.78. The molecule has 1 aromatic carbocycles. The van der Waals surface area contributed by atoms with E-state index in [4.69, 9.17) is 18.6 Å². The fourth-order valence-corrected chi connectivity index (χ4v) is 8.61. The van der Waals surface area contributed by atoms with Crippen molar-refractivity contribution in [1.29, 1.82) is 0 Å². The van der Waals surface area contributed by atoms with Crippen LogP contribution in [-0.4, -0.2) is 57.8 Å². The summed E-state index contributed by atoms with van der Waals surface area (Å²) in [5.41, 5.74) is 3.74. The molecule has 4 rings (SSSR count). The van der Waals surface area contributed by atoms with Crippen LogP contribution in [0.3, 0.4) is 0 Å². The highest BCUT2D eigenvalue weighted by atomic mass is 28.4. The highest BCUT2D eigenvalue weighted by Crippen LogP contribution is 2.43. The summed E-state index contributed by atoms with van der Waals surface area (Å²) in [6.45, 7) is 28.3. The Labute approximate surface area is 282 Å². The van der Waals surface area contributed by atoms with Gasteiger partial charge < -0.3 is 23.4 Å². The Morgan fingerprint density at radius 1 is 0.978 bits per heavy atom. The minimum atomic E-state index is -1.79. The topological polar surface area (TPSA) is 54.0 Å². The first-order valence-electron chi connectivity index (χ1n) is 18.1. The highest BCUT2D eigenvalue weighted by molar-refractivity contribution is 6.74. The molecule has 0 aliphatic carbocycles. The van der Waals surface area contributed by atoms with E-state index < -0.39 is 8.32 Å². The smallest absolute Gasteiger partial charge is 0.191 e. The summed E-state index contributed by atoms with van der Waals surface area (Å²) in [4.78, 5) is 10.8. The van der Waals surface area contributed by atoms with Crippen molar-refractivity contribution in [3.63, 3.8) is 0 Å². The standard InChI is InChI=1S/C40H64O5Si/c1-27(26-42-46(9,10)40(6,7)8)21-37-31(5)35(24-32-15-12-11-13-16-32)39(45-37)25-38-30(4)28(2)22-34(44-38)18-19-36-29(3)23-33(43-36)17-14-20-41/h11-13,15-16,20,27-28,31,33-39H,3-4,14,17-19,21-26H2,1-2,5-10H3/t27-,28+,31+,33-,34-,35+,36?,37+,38?,39-/m0/s1. The van der Waals surface area contributed by atoms with E-state index in [1.54, 1.807) is 0 Å². The lowest BCUT2D eigenvalue weighted by molar-refractivity contribution is -0.108. The van der Waals surface area contributed by atoms with Crippen LogP contribution in [0.4, 0.5) is 0 Å². The van der Waals surface area contributed by atoms with Crippen LogP contribution in [0.5, 0.6) is 0 Å². The number of carbonyl (C=O) groups is 1. The molecular formula is C40H64O5Si. The second kappa shape index (κ2) is 16.2. The van der Waals surface area contributed by atoms with E-state index >= 15 is 0 Å². The number of aldehydes is 1. The molecule has 3 fully saturated rings. The van der Waals surface area contributed by atoms with Gasteiger partial charge in [0, 0.05) is 19.4 Å². The van der Waals surface area contributed by atoms with Gasteiger partial charge in [0.1, 0.15) is 6.29 Å². The van der Waals surface area contributed by atoms with Gasteiger partial charge >= 0.3 is 0 Å². The second-order valence-corrected chi connectivity index (χ2v) is 21.3. The van der Waals surface area contributed by atoms with Crippen molar-refractivity contribution in [3.05, 3.63) is 60.2 Å². The van der Waals surface area contributed by atoms with Crippen LogP contribution in [0, 0.1) is 23.7 Å². The quantitative estimate of drug-likeness (QED) is 0.107. The normalized spacial score (nSPS) is 33.0. The number of hydrogen-bond donors (Lipinski definition) is 0. The molecule has 0 spiro atoms. The van der Waals surface area contributed by atoms with Crippen LogP contribution in [0.1, 0.15) is 98.5 Å². The van der Waals surface area contributed by atoms with E-state index in [1.807, 2.05) is 0 Å². The average Bonchev–Trinajstić information content (AvgIpc) is 3.49. The SMILES string of the molecule is C=C1C[C@H](CCC=O)OC1CC[C@H]1C[C@@H](C)C(=C)C(C[C@@H]2O[C@H](C[C@H](C)CO[Si](C)(C)C(C)(C)C)[C@H](C)[C@H]2Cc2ccccc2)O1. The van der Waals surface area contributed by atoms with Crippen molar-refractivity contribution in [3.8, 4) is 0 Å². The molecule has 0 N–H and O–H groups in total. The maximum atomic E-state index is 10.8. The monoisotopic (exact) mass is 652 g/mol. The highest BCUT2D eigenvalue weighted by Gasteiger charge is 2.45. The molecule has 0 radical (unpaired) electrons. The molecule has 5 nitrogen and oxygen atoms in total. The summed E-state index contributed by atoms with van der Waals surface area (Å²) in [5.74, 6) is 1.72. The van der Waals surface area contributed by atoms with Crippen LogP contribution in [0.15, 0.2) is 54.6 Å². The van der Waals surface area contributed by atoms with Gasteiger partial charge in [-0.2, -0.15) is 0 Å². The molecule has 0 amide bonds. The molecule has 2 unspecified atom stereocenters. The van der Waals surface area contributed by atoms with Crippen LogP contribution >= 0.6 is 0 Å². The second-order valence-electron chi connectivity index (χ2n) is 16.5. The first-order chi connectivity index (χ1) is 21.7. The van der Waals surface area contributed by atoms with E-state index in [0.717, 1.165) is 69.8 Å². The first-order valence-corrected chi connectivity index (χ1v) is 21.0. The molecule has 0 bridgehead atoms. The van der Waals surface area contributed by atoms with Gasteiger partial charge in [-0.05, 0) is 103 Å². The van der Waals surface area contributed by atoms with Crippen molar-refractivity contribution >= 4 is 14.6 Å². The molecule has 0 aromatic heterocycles. The number of rotatable bonds is 15. The third-order valence-corrected chi connectivity index (χ3v) is 16.2. The number of benzene rings is 1. The fourth-order valence-electron chi connectivity index (χ4n) is 7.48. The van der Waals surface area contributed by atoms with E-state index in [9.17, 15) is 4.79 Å². The van der Waals surface area contributed by atoms with E-state index in [0.29, 0.717) is 30.1 Å². The average molecular weight is 653 g/mol. The van der Waals surface area contributed by atoms with Gasteiger partial charge in [-0.15, -0.1) is 0 Å². The molecule has 46 heavy (non-hydrogen) atoms. The van der Waals surface area contributed by atoms with Gasteiger partial charge in [0.15, 0.2) is 8.32 Å². The number of hydrogen-bond acceptors (Lipinski definition) is 5. The van der Waals surface area contributed by atoms with Crippen LogP contribution in [0.25, 0.3) is 0 Å². The lowest BCUT2D eigenvalue weighted by Crippen LogP contribution is -2.42. The minimum Gasteiger partial charge on any atom is -0.417 e. The molecule has 3 heterocycles. The summed E-state index contributed by atoms with van der Waals surface area (Å²) in [6, 6.07) is 10.9. The zero-order valence-corrected chi connectivity index (χ0v) is 31.3. The van der Waals surface area contributed by atoms with E-state index in [1.165, 1.54) is 11.1 Å². The molecule has 1 aromatic rings. The molecule has 3 aliphatic rings. The number of ether oxygens (including phenoxy) is 3. The Hall–Kier alpha value is -1.57. The maximum Gasteiger partial charge on any atom is 0.191 e. The van der Waals surface area contributed by atoms with Crippen molar-refractivity contribution in [1.82, 2.24) is 0 Å². The third kappa shape index (κ3) is 9.75. The molecular weight excluding hydrogens is 589 g/mol. The molecule has 10 atom stereocenters. The van der Waals surface area contributed by atoms with Gasteiger partial charge in [0.05, 0.1) is 36.6 Å². The molecule has 3 saturated heterocycles. The van der Waals surface area contributed by atoms with E-state index in [2.05, 4.69) is 98.1 Å². The van der Waals surface area contributed by atoms with Gasteiger partial charge in [0.2, 0.25) is 0 Å². The summed E-state index contributed by atoms with van der Waals surface area (Å²) in [6.07, 6.45) is 9.61. The van der Waals surface area contributed by atoms with Crippen molar-refractivity contribution < 1.29 is 23.4 Å². The zero-order valence-electron chi connectivity index (χ0n) is 30.3. The largest absolute Gasteiger partial charge is 0.417 e. The van der Waals surface area contributed by atoms with E-state index in [-0.39, 0.29) is 41.7 Å². The first kappa shape index (κ1) is 37.2. The Morgan fingerprint density at radius 2 is 1.67 bits per heavy atom. The van der Waals surface area contributed by atoms with Gasteiger partial charge in [-0.3, -0.25) is 0 Å². The Morgan fingerprint density at radius 3 is 2.35 bits per heavy atom. The number of carbonyl (C=O) groups excluding carboxylic acids is 1. The van der Waals surface area contributed by atoms with Gasteiger partial charge in [-0.1, -0.05) is 85.0 Å². The molecule has 258 valence electrons. The summed E-state index contributed by atoms with van der Waals surface area (Å²) in [5, 5.41) is 0.213. The third-order valence-electron chi connectivity index (χ3n) is 11.7. The Bertz CT molecular complexity index is 1140. The fraction of sp³-hybridized carbons (Fsp3) is 0.725. The van der Waals surface area contributed by atoms with Crippen molar-refractivity contribution in [2.24, 2.45) is 23.7 Å². The van der Waals surface area contributed by atoms with Crippen LogP contribution < -0.4 is 0 Å². The molecule has 0 saturated carbocycles. The summed E-state index contributed by atoms with van der Waals surface area (Å²) < 4.78 is 26.8. The van der Waals surface area contributed by atoms with Crippen LogP contribution in [0.2, 0.25) is 18.1 Å². The van der Waals surface area contributed by atoms with Crippen molar-refractivity contribution in [2.45, 2.75) is 154 Å². The van der Waals surface area contributed by atoms with Gasteiger partial charge in [-0.25, -0.2) is 0 Å². The summed E-state index contributed by atoms with van der Waals surface area (Å²) in [7, 11) is -1.79. The molecule has 3 aliphatic heterocycles. The minimum absolute atomic E-state index is 0.00430. The maximum absolute atomic E-state index is 10.8. The van der Waals surface area contributed by atoms with Crippen LogP contribution in [-0.2, 0) is 29.9 Å². The summed E-state index contributed by atoms with van der Waals surface area (Å²) >= 11 is 0. The lowest BCUT2D eigenvalue weighted by Gasteiger charge is -2.38. The van der Waals surface area contributed by atoms with Crippen molar-refractivity contribution in [2.75, 3.05) is 6.61 Å². The van der Waals surface area contributed by atoms with Gasteiger partial charge in [0.25, 0.3) is 0 Å². The molecule has 6 heteroatoms. The predicted octanol–water partition coefficient (Wildman–Crippen LogP) is 9.51. The predicted molar refractivity (Wildman–Crippen MR) is 192 cm³/mol. The Kier molecular flexibility index (Phi) is 13.1.